The van der Waals surface area contributed by atoms with Gasteiger partial charge in [-0.2, -0.15) is 0 Å². The van der Waals surface area contributed by atoms with Crippen molar-refractivity contribution in [3.05, 3.63) is 59.7 Å². The van der Waals surface area contributed by atoms with Crippen molar-refractivity contribution in [2.24, 2.45) is 11.7 Å². The molecule has 0 aliphatic carbocycles. The smallest absolute Gasteiger partial charge is 0.224 e. The Morgan fingerprint density at radius 2 is 1.91 bits per heavy atom. The van der Waals surface area contributed by atoms with Crippen LogP contribution in [0.2, 0.25) is 0 Å². The van der Waals surface area contributed by atoms with E-state index in [1.54, 1.807) is 0 Å². The van der Waals surface area contributed by atoms with E-state index in [0.717, 1.165) is 22.6 Å². The molecule has 1 amide bonds. The van der Waals surface area contributed by atoms with Crippen LogP contribution in [0.1, 0.15) is 25.0 Å². The molecule has 0 aliphatic rings. The van der Waals surface area contributed by atoms with E-state index < -0.39 is 0 Å². The first-order valence-corrected chi connectivity index (χ1v) is 7.83. The maximum absolute atomic E-state index is 12.0. The van der Waals surface area contributed by atoms with Gasteiger partial charge in [0.15, 0.2) is 0 Å². The van der Waals surface area contributed by atoms with Crippen molar-refractivity contribution >= 4 is 5.91 Å². The van der Waals surface area contributed by atoms with Crippen LogP contribution in [0.15, 0.2) is 48.5 Å². The van der Waals surface area contributed by atoms with Gasteiger partial charge < -0.3 is 15.8 Å². The minimum atomic E-state index is -0.222. The molecule has 2 aromatic rings. The van der Waals surface area contributed by atoms with E-state index in [1.807, 2.05) is 69.3 Å². The van der Waals surface area contributed by atoms with Crippen LogP contribution in [-0.2, 0) is 11.3 Å². The Balaban J connectivity index is 2.07. The third-order valence-corrected chi connectivity index (χ3v) is 3.85. The first-order chi connectivity index (χ1) is 11.0. The third kappa shape index (κ3) is 4.83. The van der Waals surface area contributed by atoms with Crippen LogP contribution >= 0.6 is 0 Å². The molecular formula is C19H24N2O2. The van der Waals surface area contributed by atoms with E-state index in [0.29, 0.717) is 6.54 Å². The van der Waals surface area contributed by atoms with Gasteiger partial charge in [0, 0.05) is 24.1 Å². The highest BCUT2D eigenvalue weighted by atomic mass is 16.5. The van der Waals surface area contributed by atoms with Gasteiger partial charge in [0.2, 0.25) is 5.91 Å². The topological polar surface area (TPSA) is 64.3 Å². The summed E-state index contributed by atoms with van der Waals surface area (Å²) < 4.78 is 5.95. The highest BCUT2D eigenvalue weighted by Crippen LogP contribution is 2.25. The number of carbonyl (C=O) groups is 1. The summed E-state index contributed by atoms with van der Waals surface area (Å²) >= 11 is 0. The summed E-state index contributed by atoms with van der Waals surface area (Å²) in [5.74, 6) is 1.25. The second kappa shape index (κ2) is 7.79. The molecule has 122 valence electrons. The quantitative estimate of drug-likeness (QED) is 0.859. The fourth-order valence-electron chi connectivity index (χ4n) is 2.14. The number of rotatable bonds is 6. The van der Waals surface area contributed by atoms with Crippen molar-refractivity contribution in [1.29, 1.82) is 0 Å². The van der Waals surface area contributed by atoms with E-state index in [2.05, 4.69) is 5.32 Å². The van der Waals surface area contributed by atoms with E-state index in [-0.39, 0.29) is 17.9 Å². The summed E-state index contributed by atoms with van der Waals surface area (Å²) in [6.45, 7) is 6.10. The van der Waals surface area contributed by atoms with E-state index in [1.165, 1.54) is 0 Å². The first kappa shape index (κ1) is 17.0. The van der Waals surface area contributed by atoms with E-state index >= 15 is 0 Å². The normalized spacial score (nSPS) is 13.2. The molecule has 0 spiro atoms. The SMILES string of the molecule is Cc1cccc(Oc2ccccc2CNC(=O)C(C)C(C)N)c1. The van der Waals surface area contributed by atoms with Crippen molar-refractivity contribution < 1.29 is 9.53 Å². The molecule has 0 radical (unpaired) electrons. The van der Waals surface area contributed by atoms with Crippen LogP contribution in [0.3, 0.4) is 0 Å². The van der Waals surface area contributed by atoms with Gasteiger partial charge in [-0.05, 0) is 37.6 Å². The number of nitrogens with two attached hydrogens (primary N) is 1. The van der Waals surface area contributed by atoms with Crippen LogP contribution in [0.25, 0.3) is 0 Å². The average molecular weight is 312 g/mol. The van der Waals surface area contributed by atoms with Crippen LogP contribution in [0.4, 0.5) is 0 Å². The lowest BCUT2D eigenvalue weighted by atomic mass is 10.0. The molecule has 2 unspecified atom stereocenters. The Bertz CT molecular complexity index is 668. The van der Waals surface area contributed by atoms with Gasteiger partial charge in [-0.3, -0.25) is 4.79 Å². The number of hydrogen-bond donors (Lipinski definition) is 2. The van der Waals surface area contributed by atoms with Crippen molar-refractivity contribution in [2.45, 2.75) is 33.4 Å². The number of benzene rings is 2. The number of nitrogens with one attached hydrogen (secondary N) is 1. The molecule has 0 aliphatic heterocycles. The fourth-order valence-corrected chi connectivity index (χ4v) is 2.14. The summed E-state index contributed by atoms with van der Waals surface area (Å²) in [5.41, 5.74) is 7.83. The number of para-hydroxylation sites is 1. The zero-order chi connectivity index (χ0) is 16.8. The fraction of sp³-hybridized carbons (Fsp3) is 0.316. The van der Waals surface area contributed by atoms with Crippen molar-refractivity contribution in [1.82, 2.24) is 5.32 Å². The lowest BCUT2D eigenvalue weighted by Gasteiger charge is -2.16. The lowest BCUT2D eigenvalue weighted by molar-refractivity contribution is -0.125. The third-order valence-electron chi connectivity index (χ3n) is 3.85. The lowest BCUT2D eigenvalue weighted by Crippen LogP contribution is -2.38. The number of amides is 1. The summed E-state index contributed by atoms with van der Waals surface area (Å²) in [5, 5.41) is 2.92. The highest BCUT2D eigenvalue weighted by molar-refractivity contribution is 5.79. The van der Waals surface area contributed by atoms with Crippen LogP contribution in [0, 0.1) is 12.8 Å². The second-order valence-corrected chi connectivity index (χ2v) is 5.89. The Morgan fingerprint density at radius 1 is 1.17 bits per heavy atom. The number of hydrogen-bond acceptors (Lipinski definition) is 3. The number of aryl methyl sites for hydroxylation is 1. The minimum Gasteiger partial charge on any atom is -0.457 e. The molecule has 0 bridgehead atoms. The molecule has 0 aromatic heterocycles. The molecule has 0 saturated carbocycles. The Morgan fingerprint density at radius 3 is 2.61 bits per heavy atom. The molecule has 2 atom stereocenters. The molecular weight excluding hydrogens is 288 g/mol. The van der Waals surface area contributed by atoms with Gasteiger partial charge >= 0.3 is 0 Å². The van der Waals surface area contributed by atoms with Crippen molar-refractivity contribution in [2.75, 3.05) is 0 Å². The van der Waals surface area contributed by atoms with E-state index in [9.17, 15) is 4.79 Å². The molecule has 3 N–H and O–H groups in total. The van der Waals surface area contributed by atoms with Crippen molar-refractivity contribution in [3.8, 4) is 11.5 Å². The summed E-state index contributed by atoms with van der Waals surface area (Å²) in [6, 6.07) is 15.4. The average Bonchev–Trinajstić information content (AvgIpc) is 2.53. The summed E-state index contributed by atoms with van der Waals surface area (Å²) in [7, 11) is 0. The van der Waals surface area contributed by atoms with Crippen molar-refractivity contribution in [3.63, 3.8) is 0 Å². The van der Waals surface area contributed by atoms with E-state index in [4.69, 9.17) is 10.5 Å². The summed E-state index contributed by atoms with van der Waals surface area (Å²) in [6.07, 6.45) is 0. The molecule has 0 heterocycles. The Kier molecular flexibility index (Phi) is 5.77. The zero-order valence-electron chi connectivity index (χ0n) is 13.9. The Labute approximate surface area is 137 Å². The largest absolute Gasteiger partial charge is 0.457 e. The Hall–Kier alpha value is -2.33. The summed E-state index contributed by atoms with van der Waals surface area (Å²) in [4.78, 5) is 12.0. The van der Waals surface area contributed by atoms with Gasteiger partial charge in [0.25, 0.3) is 0 Å². The van der Waals surface area contributed by atoms with Crippen LogP contribution in [0.5, 0.6) is 11.5 Å². The first-order valence-electron chi connectivity index (χ1n) is 7.83. The van der Waals surface area contributed by atoms with Gasteiger partial charge in [-0.15, -0.1) is 0 Å². The molecule has 4 heteroatoms. The van der Waals surface area contributed by atoms with Gasteiger partial charge in [0.05, 0.1) is 0 Å². The monoisotopic (exact) mass is 312 g/mol. The second-order valence-electron chi connectivity index (χ2n) is 5.89. The molecule has 2 aromatic carbocycles. The maximum atomic E-state index is 12.0. The van der Waals surface area contributed by atoms with Gasteiger partial charge in [-0.1, -0.05) is 37.3 Å². The van der Waals surface area contributed by atoms with Gasteiger partial charge in [0.1, 0.15) is 11.5 Å². The minimum absolute atomic E-state index is 0.0506. The zero-order valence-corrected chi connectivity index (χ0v) is 13.9. The predicted octanol–water partition coefficient (Wildman–Crippen LogP) is 3.39. The molecule has 23 heavy (non-hydrogen) atoms. The molecule has 0 saturated heterocycles. The number of carbonyl (C=O) groups excluding carboxylic acids is 1. The molecule has 4 nitrogen and oxygen atoms in total. The number of ether oxygens (including phenoxy) is 1. The van der Waals surface area contributed by atoms with Gasteiger partial charge in [-0.25, -0.2) is 0 Å². The molecule has 0 fully saturated rings. The molecule has 2 rings (SSSR count). The van der Waals surface area contributed by atoms with Crippen LogP contribution < -0.4 is 15.8 Å². The standard InChI is InChI=1S/C19H24N2O2/c1-13-7-6-9-17(11-13)23-18-10-5-4-8-16(18)12-21-19(22)14(2)15(3)20/h4-11,14-15H,12,20H2,1-3H3,(H,21,22). The highest BCUT2D eigenvalue weighted by Gasteiger charge is 2.17. The predicted molar refractivity (Wildman–Crippen MR) is 92.4 cm³/mol. The maximum Gasteiger partial charge on any atom is 0.224 e. The van der Waals surface area contributed by atoms with Crippen LogP contribution in [-0.4, -0.2) is 11.9 Å².